The fourth-order valence-electron chi connectivity index (χ4n) is 0.945. The van der Waals surface area contributed by atoms with Crippen molar-refractivity contribution < 1.29 is 9.59 Å². The van der Waals surface area contributed by atoms with E-state index in [4.69, 9.17) is 0 Å². The zero-order valence-electron chi connectivity index (χ0n) is 8.16. The van der Waals surface area contributed by atoms with Crippen LogP contribution in [0, 0.1) is 0 Å². The average Bonchev–Trinajstić information content (AvgIpc) is 2.26. The van der Waals surface area contributed by atoms with E-state index >= 15 is 0 Å². The summed E-state index contributed by atoms with van der Waals surface area (Å²) in [7, 11) is 1.51. The van der Waals surface area contributed by atoms with Crippen LogP contribution in [0.3, 0.4) is 0 Å². The Hall–Kier alpha value is -1.42. The van der Waals surface area contributed by atoms with Crippen LogP contribution in [-0.4, -0.2) is 18.7 Å². The lowest BCUT2D eigenvalue weighted by Gasteiger charge is -1.95. The second kappa shape index (κ2) is 5.46. The first kappa shape index (κ1) is 11.7. The molecule has 0 saturated carbocycles. The number of carbonyl (C=O) groups excluding carboxylic acids is 2. The Kier molecular flexibility index (Phi) is 4.24. The summed E-state index contributed by atoms with van der Waals surface area (Å²) in [6.07, 6.45) is 2.46. The van der Waals surface area contributed by atoms with Crippen molar-refractivity contribution >= 4 is 27.6 Å². The Labute approximate surface area is 96.3 Å². The summed E-state index contributed by atoms with van der Waals surface area (Å²) in [5, 5.41) is 2.40. The van der Waals surface area contributed by atoms with Crippen LogP contribution < -0.4 is 5.32 Å². The highest BCUT2D eigenvalue weighted by Gasteiger charge is 2.01. The van der Waals surface area contributed by atoms with E-state index in [1.54, 1.807) is 24.3 Å². The molecule has 0 spiro atoms. The zero-order valence-corrected chi connectivity index (χ0v) is 9.74. The summed E-state index contributed by atoms with van der Waals surface area (Å²) in [5.74, 6) is -0.480. The summed E-state index contributed by atoms with van der Waals surface area (Å²) in [5.41, 5.74) is 0.554. The van der Waals surface area contributed by atoms with Gasteiger partial charge in [-0.3, -0.25) is 9.59 Å². The molecular weight excluding hydrogens is 258 g/mol. The Morgan fingerprint density at radius 3 is 2.33 bits per heavy atom. The Morgan fingerprint density at radius 2 is 1.80 bits per heavy atom. The fourth-order valence-corrected chi connectivity index (χ4v) is 1.21. The van der Waals surface area contributed by atoms with Gasteiger partial charge in [0, 0.05) is 23.2 Å². The van der Waals surface area contributed by atoms with Crippen molar-refractivity contribution in [2.45, 2.75) is 0 Å². The first-order chi connectivity index (χ1) is 7.13. The molecule has 1 amide bonds. The highest BCUT2D eigenvalue weighted by Crippen LogP contribution is 2.11. The summed E-state index contributed by atoms with van der Waals surface area (Å²) in [4.78, 5) is 22.3. The van der Waals surface area contributed by atoms with Crippen LogP contribution in [0.5, 0.6) is 0 Å². The third-order valence-corrected chi connectivity index (χ3v) is 2.29. The fraction of sp³-hybridized carbons (Fsp3) is 0.0909. The van der Waals surface area contributed by atoms with Gasteiger partial charge in [0.05, 0.1) is 0 Å². The molecule has 0 fully saturated rings. The molecule has 0 unspecified atom stereocenters. The number of halogens is 1. The second-order valence-electron chi connectivity index (χ2n) is 2.82. The van der Waals surface area contributed by atoms with Crippen molar-refractivity contribution in [3.8, 4) is 0 Å². The molecule has 3 nitrogen and oxygen atoms in total. The third kappa shape index (κ3) is 3.67. The number of carbonyl (C=O) groups is 2. The van der Waals surface area contributed by atoms with Crippen LogP contribution in [0.1, 0.15) is 10.4 Å². The summed E-state index contributed by atoms with van der Waals surface area (Å²) < 4.78 is 0.911. The van der Waals surface area contributed by atoms with Crippen molar-refractivity contribution in [2.75, 3.05) is 7.05 Å². The number of hydrogen-bond acceptors (Lipinski definition) is 2. The quantitative estimate of drug-likeness (QED) is 0.672. The highest BCUT2D eigenvalue weighted by molar-refractivity contribution is 9.10. The van der Waals surface area contributed by atoms with Crippen LogP contribution in [0.25, 0.3) is 0 Å². The summed E-state index contributed by atoms with van der Waals surface area (Å²) in [6, 6.07) is 6.95. The topological polar surface area (TPSA) is 46.2 Å². The van der Waals surface area contributed by atoms with Gasteiger partial charge in [-0.05, 0) is 30.3 Å². The number of hydrogen-bond donors (Lipinski definition) is 1. The van der Waals surface area contributed by atoms with E-state index in [9.17, 15) is 9.59 Å². The average molecular weight is 268 g/mol. The Balaban J connectivity index is 2.73. The lowest BCUT2D eigenvalue weighted by atomic mass is 10.1. The molecule has 0 aliphatic rings. The van der Waals surface area contributed by atoms with E-state index in [2.05, 4.69) is 21.2 Å². The molecular formula is C11H10BrNO2. The Bertz CT molecular complexity index is 396. The molecule has 0 saturated heterocycles. The number of ketones is 1. The molecule has 1 rings (SSSR count). The monoisotopic (exact) mass is 267 g/mol. The van der Waals surface area contributed by atoms with Gasteiger partial charge in [0.2, 0.25) is 5.91 Å². The van der Waals surface area contributed by atoms with Crippen LogP contribution in [0.4, 0.5) is 0 Å². The van der Waals surface area contributed by atoms with Crippen molar-refractivity contribution in [2.24, 2.45) is 0 Å². The largest absolute Gasteiger partial charge is 0.356 e. The molecule has 78 valence electrons. The number of rotatable bonds is 3. The lowest BCUT2D eigenvalue weighted by Crippen LogP contribution is -2.14. The van der Waals surface area contributed by atoms with Gasteiger partial charge in [0.1, 0.15) is 0 Å². The minimum absolute atomic E-state index is 0.189. The maximum absolute atomic E-state index is 11.5. The molecule has 0 aliphatic carbocycles. The van der Waals surface area contributed by atoms with Gasteiger partial charge >= 0.3 is 0 Å². The number of amides is 1. The van der Waals surface area contributed by atoms with Crippen molar-refractivity contribution in [3.05, 3.63) is 46.5 Å². The van der Waals surface area contributed by atoms with E-state index in [1.165, 1.54) is 19.2 Å². The van der Waals surface area contributed by atoms with E-state index in [-0.39, 0.29) is 11.7 Å². The van der Waals surface area contributed by atoms with Gasteiger partial charge < -0.3 is 5.32 Å². The van der Waals surface area contributed by atoms with Gasteiger partial charge in [0.15, 0.2) is 5.78 Å². The maximum atomic E-state index is 11.5. The van der Waals surface area contributed by atoms with Gasteiger partial charge in [-0.25, -0.2) is 0 Å². The molecule has 0 aliphatic heterocycles. The van der Waals surface area contributed by atoms with Gasteiger partial charge in [0.25, 0.3) is 0 Å². The minimum atomic E-state index is -0.291. The van der Waals surface area contributed by atoms with Crippen LogP contribution in [0.15, 0.2) is 40.9 Å². The highest BCUT2D eigenvalue weighted by atomic mass is 79.9. The summed E-state index contributed by atoms with van der Waals surface area (Å²) in [6.45, 7) is 0. The Morgan fingerprint density at radius 1 is 1.20 bits per heavy atom. The van der Waals surface area contributed by atoms with Crippen LogP contribution >= 0.6 is 15.9 Å². The molecule has 0 atom stereocenters. The first-order valence-corrected chi connectivity index (χ1v) is 5.12. The number of allylic oxidation sites excluding steroid dienone is 1. The van der Waals surface area contributed by atoms with E-state index in [0.29, 0.717) is 5.56 Å². The van der Waals surface area contributed by atoms with Crippen molar-refractivity contribution in [3.63, 3.8) is 0 Å². The normalized spacial score (nSPS) is 10.3. The van der Waals surface area contributed by atoms with Gasteiger partial charge in [-0.1, -0.05) is 15.9 Å². The number of benzene rings is 1. The van der Waals surface area contributed by atoms with Gasteiger partial charge in [-0.15, -0.1) is 0 Å². The predicted molar refractivity (Wildman–Crippen MR) is 61.7 cm³/mol. The van der Waals surface area contributed by atoms with Crippen LogP contribution in [-0.2, 0) is 4.79 Å². The SMILES string of the molecule is CNC(=O)/C=C/C(=O)c1ccc(Br)cc1. The second-order valence-corrected chi connectivity index (χ2v) is 3.73. The van der Waals surface area contributed by atoms with E-state index in [1.807, 2.05) is 0 Å². The lowest BCUT2D eigenvalue weighted by molar-refractivity contribution is -0.116. The first-order valence-electron chi connectivity index (χ1n) is 4.33. The molecule has 4 heteroatoms. The molecule has 1 aromatic carbocycles. The summed E-state index contributed by atoms with van der Waals surface area (Å²) >= 11 is 3.27. The molecule has 0 aromatic heterocycles. The standard InChI is InChI=1S/C11H10BrNO2/c1-13-11(15)7-6-10(14)8-2-4-9(12)5-3-8/h2-7H,1H3,(H,13,15)/b7-6+. The minimum Gasteiger partial charge on any atom is -0.356 e. The smallest absolute Gasteiger partial charge is 0.243 e. The van der Waals surface area contributed by atoms with E-state index in [0.717, 1.165) is 4.47 Å². The third-order valence-electron chi connectivity index (χ3n) is 1.76. The van der Waals surface area contributed by atoms with Crippen molar-refractivity contribution in [1.82, 2.24) is 5.32 Å². The van der Waals surface area contributed by atoms with Gasteiger partial charge in [-0.2, -0.15) is 0 Å². The van der Waals surface area contributed by atoms with E-state index < -0.39 is 0 Å². The predicted octanol–water partition coefficient (Wildman–Crippen LogP) is 1.93. The zero-order chi connectivity index (χ0) is 11.3. The van der Waals surface area contributed by atoms with Crippen molar-refractivity contribution in [1.29, 1.82) is 0 Å². The maximum Gasteiger partial charge on any atom is 0.243 e. The number of likely N-dealkylation sites (N-methyl/N-ethyl adjacent to an activating group) is 1. The molecule has 15 heavy (non-hydrogen) atoms. The molecule has 1 N–H and O–H groups in total. The molecule has 0 heterocycles. The molecule has 0 radical (unpaired) electrons. The molecule has 1 aromatic rings. The molecule has 0 bridgehead atoms. The van der Waals surface area contributed by atoms with Crippen LogP contribution in [0.2, 0.25) is 0 Å². The number of nitrogens with one attached hydrogen (secondary N) is 1.